The fourth-order valence-electron chi connectivity index (χ4n) is 2.55. The molecular formula is C19H22N2O2. The van der Waals surface area contributed by atoms with E-state index in [1.54, 1.807) is 7.11 Å². The van der Waals surface area contributed by atoms with Gasteiger partial charge in [0.1, 0.15) is 11.8 Å². The van der Waals surface area contributed by atoms with Crippen LogP contribution >= 0.6 is 0 Å². The molecular weight excluding hydrogens is 288 g/mol. The van der Waals surface area contributed by atoms with E-state index in [-0.39, 0.29) is 5.91 Å². The lowest BCUT2D eigenvalue weighted by molar-refractivity contribution is -0.122. The van der Waals surface area contributed by atoms with Crippen molar-refractivity contribution in [3.05, 3.63) is 59.7 Å². The quantitative estimate of drug-likeness (QED) is 0.859. The number of amides is 1. The van der Waals surface area contributed by atoms with Gasteiger partial charge in [-0.3, -0.25) is 4.79 Å². The molecule has 23 heavy (non-hydrogen) atoms. The Balaban J connectivity index is 1.89. The fraction of sp³-hybridized carbons (Fsp3) is 0.316. The molecule has 1 amide bonds. The van der Waals surface area contributed by atoms with Crippen LogP contribution < -0.4 is 15.4 Å². The largest absolute Gasteiger partial charge is 0.495 e. The predicted octanol–water partition coefficient (Wildman–Crippen LogP) is 3.44. The zero-order valence-electron chi connectivity index (χ0n) is 13.5. The van der Waals surface area contributed by atoms with Crippen molar-refractivity contribution in [2.24, 2.45) is 0 Å². The average molecular weight is 310 g/mol. The number of nitrogens with one attached hydrogen (secondary N) is 2. The van der Waals surface area contributed by atoms with Crippen LogP contribution in [0.2, 0.25) is 0 Å². The highest BCUT2D eigenvalue weighted by Crippen LogP contribution is 2.30. The number of anilines is 1. The maximum atomic E-state index is 12.7. The Bertz CT molecular complexity index is 681. The van der Waals surface area contributed by atoms with E-state index in [1.807, 2.05) is 55.5 Å². The molecule has 2 aromatic rings. The van der Waals surface area contributed by atoms with Gasteiger partial charge in [-0.1, -0.05) is 36.4 Å². The zero-order valence-corrected chi connectivity index (χ0v) is 13.5. The van der Waals surface area contributed by atoms with Crippen molar-refractivity contribution in [2.45, 2.75) is 31.8 Å². The van der Waals surface area contributed by atoms with E-state index in [0.29, 0.717) is 6.04 Å². The van der Waals surface area contributed by atoms with Gasteiger partial charge in [-0.15, -0.1) is 0 Å². The summed E-state index contributed by atoms with van der Waals surface area (Å²) in [6.45, 7) is 2.02. The number of aryl methyl sites for hydroxylation is 1. The van der Waals surface area contributed by atoms with Crippen LogP contribution in [0.25, 0.3) is 0 Å². The molecule has 4 heteroatoms. The summed E-state index contributed by atoms with van der Waals surface area (Å²) >= 11 is 0. The molecule has 3 rings (SSSR count). The van der Waals surface area contributed by atoms with Gasteiger partial charge in [-0.2, -0.15) is 0 Å². The van der Waals surface area contributed by atoms with E-state index in [4.69, 9.17) is 4.74 Å². The third kappa shape index (κ3) is 3.83. The first-order chi connectivity index (χ1) is 11.2. The molecule has 0 saturated heterocycles. The Morgan fingerprint density at radius 3 is 2.57 bits per heavy atom. The molecule has 1 aliphatic carbocycles. The van der Waals surface area contributed by atoms with Crippen molar-refractivity contribution in [3.8, 4) is 5.75 Å². The molecule has 120 valence electrons. The van der Waals surface area contributed by atoms with Crippen LogP contribution in [0.1, 0.15) is 30.0 Å². The number of methoxy groups -OCH3 is 1. The van der Waals surface area contributed by atoms with Crippen molar-refractivity contribution >= 4 is 11.6 Å². The molecule has 0 aliphatic heterocycles. The van der Waals surface area contributed by atoms with Crippen LogP contribution in [0, 0.1) is 6.92 Å². The highest BCUT2D eigenvalue weighted by Gasteiger charge is 2.28. The third-order valence-corrected chi connectivity index (χ3v) is 3.97. The molecule has 0 aromatic heterocycles. The van der Waals surface area contributed by atoms with Crippen molar-refractivity contribution in [2.75, 3.05) is 12.4 Å². The normalized spacial score (nSPS) is 14.9. The van der Waals surface area contributed by atoms with Gasteiger partial charge in [0.05, 0.1) is 12.8 Å². The first-order valence-electron chi connectivity index (χ1n) is 7.94. The Morgan fingerprint density at radius 2 is 1.91 bits per heavy atom. The van der Waals surface area contributed by atoms with Gasteiger partial charge in [-0.25, -0.2) is 0 Å². The van der Waals surface area contributed by atoms with Crippen molar-refractivity contribution in [1.82, 2.24) is 5.32 Å². The topological polar surface area (TPSA) is 50.4 Å². The first-order valence-corrected chi connectivity index (χ1v) is 7.94. The Morgan fingerprint density at radius 1 is 1.17 bits per heavy atom. The summed E-state index contributed by atoms with van der Waals surface area (Å²) in [7, 11) is 1.64. The lowest BCUT2D eigenvalue weighted by atomic mass is 10.0. The van der Waals surface area contributed by atoms with E-state index in [9.17, 15) is 4.79 Å². The second-order valence-electron chi connectivity index (χ2n) is 5.97. The van der Waals surface area contributed by atoms with Gasteiger partial charge in [0.2, 0.25) is 5.91 Å². The number of hydrogen-bond acceptors (Lipinski definition) is 3. The molecule has 2 aromatic carbocycles. The Hall–Kier alpha value is -2.49. The predicted molar refractivity (Wildman–Crippen MR) is 91.7 cm³/mol. The van der Waals surface area contributed by atoms with E-state index < -0.39 is 6.04 Å². The van der Waals surface area contributed by atoms with Gasteiger partial charge in [-0.05, 0) is 43.0 Å². The second-order valence-corrected chi connectivity index (χ2v) is 5.97. The summed E-state index contributed by atoms with van der Waals surface area (Å²) in [6, 6.07) is 15.6. The molecule has 0 spiro atoms. The van der Waals surface area contributed by atoms with Gasteiger partial charge < -0.3 is 15.4 Å². The molecule has 0 unspecified atom stereocenters. The summed E-state index contributed by atoms with van der Waals surface area (Å²) in [6.07, 6.45) is 2.14. The number of benzene rings is 2. The van der Waals surface area contributed by atoms with Crippen molar-refractivity contribution in [1.29, 1.82) is 0 Å². The third-order valence-electron chi connectivity index (χ3n) is 3.97. The highest BCUT2D eigenvalue weighted by atomic mass is 16.5. The second kappa shape index (κ2) is 6.73. The van der Waals surface area contributed by atoms with Crippen molar-refractivity contribution < 1.29 is 9.53 Å². The molecule has 1 aliphatic rings. The molecule has 2 N–H and O–H groups in total. The molecule has 1 atom stereocenters. The lowest BCUT2D eigenvalue weighted by Crippen LogP contribution is -2.34. The van der Waals surface area contributed by atoms with Crippen LogP contribution in [-0.2, 0) is 4.79 Å². The van der Waals surface area contributed by atoms with Crippen LogP contribution in [0.5, 0.6) is 5.75 Å². The number of rotatable bonds is 6. The molecule has 4 nitrogen and oxygen atoms in total. The van der Waals surface area contributed by atoms with Gasteiger partial charge in [0.25, 0.3) is 0 Å². The molecule has 1 saturated carbocycles. The molecule has 0 heterocycles. The fourth-order valence-corrected chi connectivity index (χ4v) is 2.55. The van der Waals surface area contributed by atoms with Crippen LogP contribution in [0.3, 0.4) is 0 Å². The minimum absolute atomic E-state index is 0.00209. The summed E-state index contributed by atoms with van der Waals surface area (Å²) in [4.78, 5) is 12.7. The highest BCUT2D eigenvalue weighted by molar-refractivity contribution is 5.87. The van der Waals surface area contributed by atoms with E-state index in [1.165, 1.54) is 0 Å². The summed E-state index contributed by atoms with van der Waals surface area (Å²) < 4.78 is 5.42. The summed E-state index contributed by atoms with van der Waals surface area (Å²) in [5, 5.41) is 6.43. The van der Waals surface area contributed by atoms with E-state index in [2.05, 4.69) is 10.6 Å². The van der Waals surface area contributed by atoms with Crippen LogP contribution in [-0.4, -0.2) is 19.1 Å². The average Bonchev–Trinajstić information content (AvgIpc) is 3.37. The molecule has 0 bridgehead atoms. The summed E-state index contributed by atoms with van der Waals surface area (Å²) in [5.74, 6) is 0.734. The first kappa shape index (κ1) is 15.4. The number of hydrogen-bond donors (Lipinski definition) is 2. The van der Waals surface area contributed by atoms with Crippen LogP contribution in [0.4, 0.5) is 5.69 Å². The van der Waals surface area contributed by atoms with E-state index >= 15 is 0 Å². The lowest BCUT2D eigenvalue weighted by Gasteiger charge is -2.21. The van der Waals surface area contributed by atoms with Gasteiger partial charge in [0.15, 0.2) is 0 Å². The SMILES string of the molecule is COc1ccc(C)cc1N[C@@H](C(=O)NC1CC1)c1ccccc1. The molecule has 0 radical (unpaired) electrons. The monoisotopic (exact) mass is 310 g/mol. The zero-order chi connectivity index (χ0) is 16.2. The number of ether oxygens (including phenoxy) is 1. The smallest absolute Gasteiger partial charge is 0.247 e. The maximum absolute atomic E-state index is 12.7. The standard InChI is InChI=1S/C19H22N2O2/c1-13-8-11-17(23-2)16(12-13)21-18(14-6-4-3-5-7-14)19(22)20-15-9-10-15/h3-8,11-12,15,18,21H,9-10H2,1-2H3,(H,20,22)/t18-/m1/s1. The molecule has 1 fully saturated rings. The Labute approximate surface area is 136 Å². The maximum Gasteiger partial charge on any atom is 0.247 e. The number of carbonyl (C=O) groups is 1. The van der Waals surface area contributed by atoms with E-state index in [0.717, 1.165) is 35.4 Å². The van der Waals surface area contributed by atoms with Gasteiger partial charge >= 0.3 is 0 Å². The van der Waals surface area contributed by atoms with Crippen LogP contribution in [0.15, 0.2) is 48.5 Å². The number of carbonyl (C=O) groups excluding carboxylic acids is 1. The minimum atomic E-state index is -0.438. The van der Waals surface area contributed by atoms with Crippen molar-refractivity contribution in [3.63, 3.8) is 0 Å². The minimum Gasteiger partial charge on any atom is -0.495 e. The summed E-state index contributed by atoms with van der Waals surface area (Å²) in [5.41, 5.74) is 2.88. The van der Waals surface area contributed by atoms with Gasteiger partial charge in [0, 0.05) is 6.04 Å². The Kier molecular flexibility index (Phi) is 4.51.